The molecule has 1 aliphatic rings. The van der Waals surface area contributed by atoms with E-state index < -0.39 is 0 Å². The number of rotatable bonds is 2. The van der Waals surface area contributed by atoms with Gasteiger partial charge in [-0.3, -0.25) is 0 Å². The molecule has 0 saturated heterocycles. The SMILES string of the molecule is CNc1ccc2ccccc2c1C1CCCCC1. The second-order valence-corrected chi connectivity index (χ2v) is 5.33. The number of nitrogens with one attached hydrogen (secondary N) is 1. The summed E-state index contributed by atoms with van der Waals surface area (Å²) >= 11 is 0. The van der Waals surface area contributed by atoms with Crippen LogP contribution in [-0.2, 0) is 0 Å². The van der Waals surface area contributed by atoms with Gasteiger partial charge in [-0.15, -0.1) is 0 Å². The van der Waals surface area contributed by atoms with Gasteiger partial charge in [0.05, 0.1) is 0 Å². The van der Waals surface area contributed by atoms with Gasteiger partial charge in [-0.05, 0) is 41.2 Å². The van der Waals surface area contributed by atoms with Crippen molar-refractivity contribution in [3.8, 4) is 0 Å². The molecule has 1 N–H and O–H groups in total. The van der Waals surface area contributed by atoms with Crippen molar-refractivity contribution in [3.05, 3.63) is 42.0 Å². The summed E-state index contributed by atoms with van der Waals surface area (Å²) in [6.45, 7) is 0. The van der Waals surface area contributed by atoms with Crippen molar-refractivity contribution in [1.82, 2.24) is 0 Å². The van der Waals surface area contributed by atoms with E-state index in [0.717, 1.165) is 5.92 Å². The third-order valence-corrected chi connectivity index (χ3v) is 4.25. The summed E-state index contributed by atoms with van der Waals surface area (Å²) in [5.41, 5.74) is 2.87. The van der Waals surface area contributed by atoms with Gasteiger partial charge in [0.1, 0.15) is 0 Å². The standard InChI is InChI=1S/C17H21N/c1-18-16-12-11-13-7-5-6-10-15(13)17(16)14-8-3-2-4-9-14/h5-7,10-12,14,18H,2-4,8-9H2,1H3. The van der Waals surface area contributed by atoms with Gasteiger partial charge in [0.25, 0.3) is 0 Å². The molecule has 0 aromatic heterocycles. The zero-order valence-corrected chi connectivity index (χ0v) is 11.1. The van der Waals surface area contributed by atoms with Gasteiger partial charge in [-0.2, -0.15) is 0 Å². The highest BCUT2D eigenvalue weighted by molar-refractivity contribution is 5.90. The highest BCUT2D eigenvalue weighted by Crippen LogP contribution is 2.40. The average Bonchev–Trinajstić information content (AvgIpc) is 2.47. The largest absolute Gasteiger partial charge is 0.388 e. The third-order valence-electron chi connectivity index (χ3n) is 4.25. The van der Waals surface area contributed by atoms with Crippen molar-refractivity contribution in [3.63, 3.8) is 0 Å². The van der Waals surface area contributed by atoms with Gasteiger partial charge < -0.3 is 5.32 Å². The van der Waals surface area contributed by atoms with Crippen molar-refractivity contribution in [2.45, 2.75) is 38.0 Å². The normalized spacial score (nSPS) is 16.9. The maximum absolute atomic E-state index is 3.39. The molecule has 2 aromatic rings. The molecule has 1 aliphatic carbocycles. The molecule has 1 fully saturated rings. The van der Waals surface area contributed by atoms with E-state index in [-0.39, 0.29) is 0 Å². The Morgan fingerprint density at radius 2 is 1.72 bits per heavy atom. The van der Waals surface area contributed by atoms with Gasteiger partial charge in [0.15, 0.2) is 0 Å². The zero-order valence-electron chi connectivity index (χ0n) is 11.1. The number of fused-ring (bicyclic) bond motifs is 1. The number of hydrogen-bond acceptors (Lipinski definition) is 1. The van der Waals surface area contributed by atoms with E-state index in [1.165, 1.54) is 48.6 Å². The zero-order chi connectivity index (χ0) is 12.4. The predicted molar refractivity (Wildman–Crippen MR) is 79.3 cm³/mol. The first-order valence-corrected chi connectivity index (χ1v) is 7.09. The van der Waals surface area contributed by atoms with Crippen LogP contribution in [0.15, 0.2) is 36.4 Å². The lowest BCUT2D eigenvalue weighted by molar-refractivity contribution is 0.446. The average molecular weight is 239 g/mol. The van der Waals surface area contributed by atoms with Crippen LogP contribution >= 0.6 is 0 Å². The van der Waals surface area contributed by atoms with Crippen LogP contribution in [0.25, 0.3) is 10.8 Å². The van der Waals surface area contributed by atoms with Crippen LogP contribution in [0.1, 0.15) is 43.6 Å². The molecule has 18 heavy (non-hydrogen) atoms. The maximum atomic E-state index is 3.39. The van der Waals surface area contributed by atoms with E-state index >= 15 is 0 Å². The van der Waals surface area contributed by atoms with Gasteiger partial charge >= 0.3 is 0 Å². The van der Waals surface area contributed by atoms with Crippen LogP contribution in [-0.4, -0.2) is 7.05 Å². The van der Waals surface area contributed by atoms with E-state index in [9.17, 15) is 0 Å². The second-order valence-electron chi connectivity index (χ2n) is 5.33. The fourth-order valence-corrected chi connectivity index (χ4v) is 3.34. The van der Waals surface area contributed by atoms with E-state index in [4.69, 9.17) is 0 Å². The van der Waals surface area contributed by atoms with Crippen molar-refractivity contribution in [2.24, 2.45) is 0 Å². The molecule has 1 heteroatoms. The molecule has 0 heterocycles. The fourth-order valence-electron chi connectivity index (χ4n) is 3.34. The van der Waals surface area contributed by atoms with Gasteiger partial charge in [-0.1, -0.05) is 49.6 Å². The quantitative estimate of drug-likeness (QED) is 0.783. The van der Waals surface area contributed by atoms with Crippen LogP contribution in [0.2, 0.25) is 0 Å². The highest BCUT2D eigenvalue weighted by Gasteiger charge is 2.20. The molecule has 0 radical (unpaired) electrons. The Labute approximate surface area is 109 Å². The summed E-state index contributed by atoms with van der Waals surface area (Å²) in [4.78, 5) is 0. The lowest BCUT2D eigenvalue weighted by atomic mass is 9.81. The lowest BCUT2D eigenvalue weighted by Gasteiger charge is -2.25. The minimum Gasteiger partial charge on any atom is -0.388 e. The van der Waals surface area contributed by atoms with Crippen molar-refractivity contribution in [1.29, 1.82) is 0 Å². The molecule has 94 valence electrons. The molecular formula is C17H21N. The molecule has 0 aliphatic heterocycles. The van der Waals surface area contributed by atoms with Crippen molar-refractivity contribution < 1.29 is 0 Å². The highest BCUT2D eigenvalue weighted by atomic mass is 14.8. The molecular weight excluding hydrogens is 218 g/mol. The van der Waals surface area contributed by atoms with Gasteiger partial charge in [-0.25, -0.2) is 0 Å². The minimum absolute atomic E-state index is 0.743. The van der Waals surface area contributed by atoms with E-state index in [1.54, 1.807) is 5.56 Å². The molecule has 2 aromatic carbocycles. The Hall–Kier alpha value is -1.50. The summed E-state index contributed by atoms with van der Waals surface area (Å²) in [5, 5.41) is 6.20. The van der Waals surface area contributed by atoms with Crippen molar-refractivity contribution in [2.75, 3.05) is 12.4 Å². The molecule has 1 saturated carbocycles. The van der Waals surface area contributed by atoms with Crippen LogP contribution in [0.5, 0.6) is 0 Å². The van der Waals surface area contributed by atoms with E-state index in [2.05, 4.69) is 41.7 Å². The Morgan fingerprint density at radius 3 is 2.50 bits per heavy atom. The van der Waals surface area contributed by atoms with Crippen LogP contribution in [0.3, 0.4) is 0 Å². The molecule has 0 atom stereocenters. The Kier molecular flexibility index (Phi) is 3.22. The Bertz CT molecular complexity index is 538. The first-order chi connectivity index (χ1) is 8.90. The molecule has 0 amide bonds. The Morgan fingerprint density at radius 1 is 0.944 bits per heavy atom. The first-order valence-electron chi connectivity index (χ1n) is 7.09. The molecule has 0 unspecified atom stereocenters. The summed E-state index contributed by atoms with van der Waals surface area (Å²) in [7, 11) is 2.04. The predicted octanol–water partition coefficient (Wildman–Crippen LogP) is 4.93. The van der Waals surface area contributed by atoms with Crippen LogP contribution in [0.4, 0.5) is 5.69 Å². The monoisotopic (exact) mass is 239 g/mol. The third kappa shape index (κ3) is 1.98. The minimum atomic E-state index is 0.743. The summed E-state index contributed by atoms with van der Waals surface area (Å²) < 4.78 is 0. The Balaban J connectivity index is 2.16. The number of hydrogen-bond donors (Lipinski definition) is 1. The molecule has 0 bridgehead atoms. The topological polar surface area (TPSA) is 12.0 Å². The maximum Gasteiger partial charge on any atom is 0.0379 e. The second kappa shape index (κ2) is 5.01. The van der Waals surface area contributed by atoms with Crippen molar-refractivity contribution >= 4 is 16.5 Å². The first kappa shape index (κ1) is 11.6. The van der Waals surface area contributed by atoms with Crippen LogP contribution in [0, 0.1) is 0 Å². The van der Waals surface area contributed by atoms with E-state index in [0.29, 0.717) is 0 Å². The molecule has 1 nitrogen and oxygen atoms in total. The lowest BCUT2D eigenvalue weighted by Crippen LogP contribution is -2.08. The van der Waals surface area contributed by atoms with Crippen LogP contribution < -0.4 is 5.32 Å². The van der Waals surface area contributed by atoms with E-state index in [1.807, 2.05) is 7.05 Å². The molecule has 3 rings (SSSR count). The summed E-state index contributed by atoms with van der Waals surface area (Å²) in [6, 6.07) is 13.3. The van der Waals surface area contributed by atoms with Gasteiger partial charge in [0, 0.05) is 12.7 Å². The fraction of sp³-hybridized carbons (Fsp3) is 0.412. The summed E-state index contributed by atoms with van der Waals surface area (Å²) in [5.74, 6) is 0.743. The number of anilines is 1. The number of benzene rings is 2. The molecule has 0 spiro atoms. The summed E-state index contributed by atoms with van der Waals surface area (Å²) in [6.07, 6.45) is 6.88. The smallest absolute Gasteiger partial charge is 0.0379 e. The van der Waals surface area contributed by atoms with Gasteiger partial charge in [0.2, 0.25) is 0 Å².